The monoisotopic (exact) mass is 224 g/mol. The molecule has 0 aliphatic heterocycles. The molecule has 0 amide bonds. The first-order valence-electron chi connectivity index (χ1n) is 4.85. The summed E-state index contributed by atoms with van der Waals surface area (Å²) >= 11 is 0. The molecule has 4 nitrogen and oxygen atoms in total. The maximum absolute atomic E-state index is 11.9. The van der Waals surface area contributed by atoms with Crippen LogP contribution in [0.2, 0.25) is 0 Å². The van der Waals surface area contributed by atoms with E-state index in [9.17, 15) is 8.78 Å². The third-order valence-electron chi connectivity index (χ3n) is 2.00. The topological polar surface area (TPSA) is 50.7 Å². The summed E-state index contributed by atoms with van der Waals surface area (Å²) in [5.41, 5.74) is 1.19. The van der Waals surface area contributed by atoms with E-state index in [0.29, 0.717) is 17.0 Å². The highest BCUT2D eigenvalue weighted by molar-refractivity contribution is 5.71. The second-order valence-electron chi connectivity index (χ2n) is 3.20. The van der Waals surface area contributed by atoms with E-state index < -0.39 is 6.43 Å². The average Bonchev–Trinajstić information content (AvgIpc) is 2.28. The number of alkyl halides is 2. The number of rotatable bonds is 4. The van der Waals surface area contributed by atoms with Gasteiger partial charge >= 0.3 is 0 Å². The number of hydrogen-bond acceptors (Lipinski definition) is 4. The Balaban J connectivity index is 2.08. The van der Waals surface area contributed by atoms with Crippen molar-refractivity contribution < 1.29 is 8.78 Å². The van der Waals surface area contributed by atoms with Crippen LogP contribution in [-0.2, 0) is 0 Å². The number of hydrogen-bond donors (Lipinski definition) is 1. The molecule has 0 saturated carbocycles. The largest absolute Gasteiger partial charge is 0.370 e. The molecule has 0 radical (unpaired) electrons. The summed E-state index contributed by atoms with van der Waals surface area (Å²) in [5, 5.41) is 2.81. The van der Waals surface area contributed by atoms with Crippen molar-refractivity contribution in [2.24, 2.45) is 0 Å². The van der Waals surface area contributed by atoms with E-state index >= 15 is 0 Å². The lowest BCUT2D eigenvalue weighted by molar-refractivity contribution is 0.142. The summed E-state index contributed by atoms with van der Waals surface area (Å²) < 4.78 is 23.8. The Morgan fingerprint density at radius 2 is 2.00 bits per heavy atom. The second kappa shape index (κ2) is 4.78. The normalized spacial score (nSPS) is 10.9. The smallest absolute Gasteiger partial charge is 0.240 e. The zero-order valence-electron chi connectivity index (χ0n) is 8.40. The number of nitrogens with zero attached hydrogens (tertiary/aromatic N) is 3. The van der Waals surface area contributed by atoms with Crippen LogP contribution in [0.4, 0.5) is 14.6 Å². The van der Waals surface area contributed by atoms with Gasteiger partial charge in [0.05, 0.1) is 0 Å². The highest BCUT2D eigenvalue weighted by Crippen LogP contribution is 2.10. The molecular formula is C10H10F2N4. The fourth-order valence-corrected chi connectivity index (χ4v) is 1.26. The van der Waals surface area contributed by atoms with Crippen molar-refractivity contribution >= 4 is 17.0 Å². The minimum atomic E-state index is -2.30. The highest BCUT2D eigenvalue weighted by Gasteiger charge is 2.03. The summed E-state index contributed by atoms with van der Waals surface area (Å²) in [6, 6.07) is 3.45. The Labute approximate surface area is 90.7 Å². The van der Waals surface area contributed by atoms with Gasteiger partial charge in [-0.1, -0.05) is 0 Å². The fourth-order valence-electron chi connectivity index (χ4n) is 1.26. The van der Waals surface area contributed by atoms with Gasteiger partial charge in [0.15, 0.2) is 5.65 Å². The quantitative estimate of drug-likeness (QED) is 0.863. The summed E-state index contributed by atoms with van der Waals surface area (Å²) in [6.07, 6.45) is 0.625. The molecule has 2 aromatic heterocycles. The zero-order chi connectivity index (χ0) is 11.4. The molecule has 16 heavy (non-hydrogen) atoms. The molecule has 84 valence electrons. The fraction of sp³-hybridized carbons (Fsp3) is 0.300. The number of aromatic nitrogens is 3. The van der Waals surface area contributed by atoms with Gasteiger partial charge in [-0.3, -0.25) is 4.98 Å². The van der Waals surface area contributed by atoms with Gasteiger partial charge < -0.3 is 5.32 Å². The molecular weight excluding hydrogens is 214 g/mol. The van der Waals surface area contributed by atoms with Crippen LogP contribution in [-0.4, -0.2) is 27.9 Å². The van der Waals surface area contributed by atoms with Gasteiger partial charge in [0.2, 0.25) is 6.43 Å². The van der Waals surface area contributed by atoms with Gasteiger partial charge in [0, 0.05) is 25.4 Å². The van der Waals surface area contributed by atoms with Crippen molar-refractivity contribution in [3.63, 3.8) is 0 Å². The molecule has 2 rings (SSSR count). The van der Waals surface area contributed by atoms with E-state index in [0.717, 1.165) is 0 Å². The van der Waals surface area contributed by atoms with Crippen molar-refractivity contribution in [3.05, 3.63) is 24.5 Å². The average molecular weight is 224 g/mol. The number of anilines is 1. The molecule has 0 unspecified atom stereocenters. The van der Waals surface area contributed by atoms with Crippen LogP contribution in [0, 0.1) is 0 Å². The lowest BCUT2D eigenvalue weighted by atomic mass is 10.4. The molecule has 0 atom stereocenters. The molecule has 6 heteroatoms. The molecule has 2 aromatic rings. The second-order valence-corrected chi connectivity index (χ2v) is 3.20. The van der Waals surface area contributed by atoms with Gasteiger partial charge in [-0.2, -0.15) is 0 Å². The molecule has 0 saturated heterocycles. The van der Waals surface area contributed by atoms with E-state index in [-0.39, 0.29) is 13.0 Å². The van der Waals surface area contributed by atoms with E-state index in [4.69, 9.17) is 0 Å². The van der Waals surface area contributed by atoms with Gasteiger partial charge in [-0.05, 0) is 12.1 Å². The first kappa shape index (κ1) is 10.7. The van der Waals surface area contributed by atoms with Gasteiger partial charge in [0.1, 0.15) is 11.3 Å². The maximum Gasteiger partial charge on any atom is 0.240 e. The predicted molar refractivity (Wildman–Crippen MR) is 56.4 cm³/mol. The van der Waals surface area contributed by atoms with Crippen molar-refractivity contribution in [2.45, 2.75) is 12.8 Å². The van der Waals surface area contributed by atoms with Gasteiger partial charge in [-0.15, -0.1) is 0 Å². The van der Waals surface area contributed by atoms with Gasteiger partial charge in [-0.25, -0.2) is 18.7 Å². The maximum atomic E-state index is 11.9. The lowest BCUT2D eigenvalue weighted by Gasteiger charge is -2.05. The SMILES string of the molecule is FC(F)CCNc1ccc2nccnc2n1. The van der Waals surface area contributed by atoms with Crippen LogP contribution >= 0.6 is 0 Å². The van der Waals surface area contributed by atoms with Crippen LogP contribution < -0.4 is 5.32 Å². The van der Waals surface area contributed by atoms with Gasteiger partial charge in [0.25, 0.3) is 0 Å². The minimum Gasteiger partial charge on any atom is -0.370 e. The molecule has 1 N–H and O–H groups in total. The summed E-state index contributed by atoms with van der Waals surface area (Å²) in [6.45, 7) is 0.191. The van der Waals surface area contributed by atoms with Crippen LogP contribution in [0.3, 0.4) is 0 Å². The zero-order valence-corrected chi connectivity index (χ0v) is 8.40. The van der Waals surface area contributed by atoms with Crippen molar-refractivity contribution in [1.82, 2.24) is 15.0 Å². The molecule has 0 aliphatic carbocycles. The van der Waals surface area contributed by atoms with E-state index in [2.05, 4.69) is 20.3 Å². The number of nitrogens with one attached hydrogen (secondary N) is 1. The Kier molecular flexibility index (Phi) is 3.19. The van der Waals surface area contributed by atoms with E-state index in [1.807, 2.05) is 0 Å². The summed E-state index contributed by atoms with van der Waals surface area (Å²) in [5.74, 6) is 0.536. The molecule has 0 spiro atoms. The van der Waals surface area contributed by atoms with Crippen molar-refractivity contribution in [3.8, 4) is 0 Å². The minimum absolute atomic E-state index is 0.191. The lowest BCUT2D eigenvalue weighted by Crippen LogP contribution is -2.07. The van der Waals surface area contributed by atoms with Crippen molar-refractivity contribution in [2.75, 3.05) is 11.9 Å². The third-order valence-corrected chi connectivity index (χ3v) is 2.00. The molecule has 2 heterocycles. The first-order valence-corrected chi connectivity index (χ1v) is 4.85. The number of halogens is 2. The Morgan fingerprint density at radius 3 is 2.81 bits per heavy atom. The Morgan fingerprint density at radius 1 is 1.19 bits per heavy atom. The molecule has 0 aliphatic rings. The standard InChI is InChI=1S/C10H10F2N4/c11-8(12)3-4-14-9-2-1-7-10(16-9)15-6-5-13-7/h1-2,5-6,8H,3-4H2,(H,14,15,16). The third kappa shape index (κ3) is 2.59. The van der Waals surface area contributed by atoms with E-state index in [1.165, 1.54) is 6.20 Å². The van der Waals surface area contributed by atoms with E-state index in [1.54, 1.807) is 18.3 Å². The molecule has 0 fully saturated rings. The summed E-state index contributed by atoms with van der Waals surface area (Å²) in [4.78, 5) is 12.2. The van der Waals surface area contributed by atoms with Crippen molar-refractivity contribution in [1.29, 1.82) is 0 Å². The number of pyridine rings is 1. The van der Waals surface area contributed by atoms with Crippen LogP contribution in [0.1, 0.15) is 6.42 Å². The summed E-state index contributed by atoms with van der Waals surface area (Å²) in [7, 11) is 0. The first-order chi connectivity index (χ1) is 7.75. The number of fused-ring (bicyclic) bond motifs is 1. The molecule has 0 aromatic carbocycles. The van der Waals surface area contributed by atoms with Crippen LogP contribution in [0.5, 0.6) is 0 Å². The van der Waals surface area contributed by atoms with Crippen LogP contribution in [0.15, 0.2) is 24.5 Å². The Hall–Kier alpha value is -1.85. The predicted octanol–water partition coefficient (Wildman–Crippen LogP) is 2.09. The van der Waals surface area contributed by atoms with Crippen LogP contribution in [0.25, 0.3) is 11.2 Å². The molecule has 0 bridgehead atoms. The highest BCUT2D eigenvalue weighted by atomic mass is 19.3. The Bertz CT molecular complexity index is 475.